The van der Waals surface area contributed by atoms with Gasteiger partial charge in [-0.25, -0.2) is 9.79 Å². The lowest BCUT2D eigenvalue weighted by atomic mass is 9.94. The van der Waals surface area contributed by atoms with Gasteiger partial charge in [0.25, 0.3) is 0 Å². The van der Waals surface area contributed by atoms with Crippen LogP contribution in [0.25, 0.3) is 0 Å². The highest BCUT2D eigenvalue weighted by Crippen LogP contribution is 2.42. The van der Waals surface area contributed by atoms with Gasteiger partial charge in [-0.1, -0.05) is 35.0 Å². The van der Waals surface area contributed by atoms with E-state index in [1.165, 1.54) is 16.7 Å². The fourth-order valence-electron chi connectivity index (χ4n) is 2.76. The van der Waals surface area contributed by atoms with Crippen molar-refractivity contribution >= 4 is 52.0 Å². The minimum atomic E-state index is -0.643. The van der Waals surface area contributed by atoms with Gasteiger partial charge in [0.05, 0.1) is 29.7 Å². The molecule has 0 aliphatic carbocycles. The summed E-state index contributed by atoms with van der Waals surface area (Å²) in [5.41, 5.74) is 1.51. The molecule has 0 N–H and O–H groups in total. The summed E-state index contributed by atoms with van der Waals surface area (Å²) in [6, 6.07) is 4.36. The first-order valence-electron chi connectivity index (χ1n) is 7.29. The molecule has 1 unspecified atom stereocenters. The quantitative estimate of drug-likeness (QED) is 0.743. The van der Waals surface area contributed by atoms with Crippen molar-refractivity contribution in [1.29, 1.82) is 0 Å². The van der Waals surface area contributed by atoms with Crippen molar-refractivity contribution < 1.29 is 14.3 Å². The molecule has 3 rings (SSSR count). The number of nitrogens with zero attached hydrogens (tertiary/aromatic N) is 2. The summed E-state index contributed by atoms with van der Waals surface area (Å²) in [5, 5.41) is 1.44. The average Bonchev–Trinajstić information content (AvgIpc) is 2.86. The molecule has 2 aliphatic rings. The molecule has 1 saturated heterocycles. The van der Waals surface area contributed by atoms with Crippen LogP contribution in [0, 0.1) is 0 Å². The molecule has 2 aliphatic heterocycles. The Morgan fingerprint density at radius 2 is 2.04 bits per heavy atom. The number of benzene rings is 1. The molecule has 0 radical (unpaired) electrons. The van der Waals surface area contributed by atoms with Gasteiger partial charge in [-0.15, -0.1) is 0 Å². The number of carbonyl (C=O) groups is 2. The summed E-state index contributed by atoms with van der Waals surface area (Å²) in [5.74, 6) is -0.328. The normalized spacial score (nSPS) is 20.2. The van der Waals surface area contributed by atoms with Crippen molar-refractivity contribution in [2.24, 2.45) is 4.99 Å². The zero-order valence-electron chi connectivity index (χ0n) is 13.0. The SMILES string of the molecule is CCOC(=O)C1=C(C)N=C2SCC(=O)N2C1c1cc(Cl)cc(Cl)c1. The number of ether oxygens (including phenoxy) is 1. The van der Waals surface area contributed by atoms with Gasteiger partial charge in [0.1, 0.15) is 0 Å². The fraction of sp³-hybridized carbons (Fsp3) is 0.312. The highest BCUT2D eigenvalue weighted by molar-refractivity contribution is 8.15. The number of esters is 1. The Morgan fingerprint density at radius 1 is 1.38 bits per heavy atom. The number of allylic oxidation sites excluding steroid dienone is 1. The maximum absolute atomic E-state index is 12.5. The topological polar surface area (TPSA) is 59.0 Å². The lowest BCUT2D eigenvalue weighted by molar-refractivity contribution is -0.139. The Labute approximate surface area is 153 Å². The first kappa shape index (κ1) is 17.3. The number of rotatable bonds is 3. The standard InChI is InChI=1S/C16H14Cl2N2O3S/c1-3-23-15(22)13-8(2)19-16-20(12(21)7-24-16)14(13)9-4-10(17)6-11(18)5-9/h4-6,14H,3,7H2,1-2H3. The minimum absolute atomic E-state index is 0.117. The van der Waals surface area contributed by atoms with Crippen molar-refractivity contribution in [3.8, 4) is 0 Å². The molecule has 24 heavy (non-hydrogen) atoms. The first-order chi connectivity index (χ1) is 11.4. The van der Waals surface area contributed by atoms with Crippen LogP contribution in [0.1, 0.15) is 25.5 Å². The van der Waals surface area contributed by atoms with Crippen LogP contribution in [0.4, 0.5) is 0 Å². The van der Waals surface area contributed by atoms with E-state index < -0.39 is 12.0 Å². The summed E-state index contributed by atoms with van der Waals surface area (Å²) in [4.78, 5) is 30.8. The van der Waals surface area contributed by atoms with E-state index in [1.54, 1.807) is 32.0 Å². The van der Waals surface area contributed by atoms with Gasteiger partial charge in [0.2, 0.25) is 5.91 Å². The van der Waals surface area contributed by atoms with Crippen LogP contribution >= 0.6 is 35.0 Å². The van der Waals surface area contributed by atoms with Crippen molar-refractivity contribution in [3.63, 3.8) is 0 Å². The molecule has 1 fully saturated rings. The minimum Gasteiger partial charge on any atom is -0.463 e. The molecule has 8 heteroatoms. The third kappa shape index (κ3) is 3.06. The number of amidine groups is 1. The van der Waals surface area contributed by atoms with Gasteiger partial charge < -0.3 is 4.74 Å². The first-order valence-corrected chi connectivity index (χ1v) is 9.04. The van der Waals surface area contributed by atoms with Crippen LogP contribution in [0.3, 0.4) is 0 Å². The number of fused-ring (bicyclic) bond motifs is 1. The number of hydrogen-bond acceptors (Lipinski definition) is 5. The molecule has 1 aromatic carbocycles. The number of carbonyl (C=O) groups excluding carboxylic acids is 2. The molecular formula is C16H14Cl2N2O3S. The summed E-state index contributed by atoms with van der Waals surface area (Å²) in [6.07, 6.45) is 0. The monoisotopic (exact) mass is 384 g/mol. The molecule has 0 aromatic heterocycles. The van der Waals surface area contributed by atoms with Crippen molar-refractivity contribution in [2.45, 2.75) is 19.9 Å². The molecule has 1 amide bonds. The van der Waals surface area contributed by atoms with E-state index in [2.05, 4.69) is 4.99 Å². The van der Waals surface area contributed by atoms with E-state index in [9.17, 15) is 9.59 Å². The molecule has 5 nitrogen and oxygen atoms in total. The van der Waals surface area contributed by atoms with Crippen LogP contribution < -0.4 is 0 Å². The van der Waals surface area contributed by atoms with Crippen LogP contribution in [0.15, 0.2) is 34.5 Å². The van der Waals surface area contributed by atoms with Crippen LogP contribution in [-0.4, -0.2) is 34.3 Å². The Balaban J connectivity index is 2.18. The van der Waals surface area contributed by atoms with Gasteiger partial charge in [0.15, 0.2) is 5.17 Å². The molecule has 0 spiro atoms. The van der Waals surface area contributed by atoms with E-state index >= 15 is 0 Å². The molecular weight excluding hydrogens is 371 g/mol. The fourth-order valence-corrected chi connectivity index (χ4v) is 4.24. The molecule has 0 saturated carbocycles. The highest BCUT2D eigenvalue weighted by atomic mass is 35.5. The number of aliphatic imine (C=N–C) groups is 1. The number of thioether (sulfide) groups is 1. The van der Waals surface area contributed by atoms with Crippen LogP contribution in [0.2, 0.25) is 10.0 Å². The number of halogens is 2. The largest absolute Gasteiger partial charge is 0.463 e. The smallest absolute Gasteiger partial charge is 0.338 e. The Bertz CT molecular complexity index is 771. The third-order valence-electron chi connectivity index (χ3n) is 3.68. The Kier molecular flexibility index (Phi) is 4.90. The lowest BCUT2D eigenvalue weighted by Crippen LogP contribution is -2.39. The molecule has 126 valence electrons. The highest BCUT2D eigenvalue weighted by Gasteiger charge is 2.43. The number of hydrogen-bond donors (Lipinski definition) is 0. The van der Waals surface area contributed by atoms with E-state index in [-0.39, 0.29) is 18.3 Å². The van der Waals surface area contributed by atoms with Gasteiger partial charge in [-0.05, 0) is 37.6 Å². The summed E-state index contributed by atoms with van der Waals surface area (Å²) in [7, 11) is 0. The van der Waals surface area contributed by atoms with E-state index in [0.717, 1.165) is 0 Å². The van der Waals surface area contributed by atoms with E-state index in [0.29, 0.717) is 32.0 Å². The van der Waals surface area contributed by atoms with Crippen molar-refractivity contribution in [1.82, 2.24) is 4.90 Å². The van der Waals surface area contributed by atoms with Gasteiger partial charge in [-0.3, -0.25) is 9.69 Å². The maximum atomic E-state index is 12.5. The lowest BCUT2D eigenvalue weighted by Gasteiger charge is -2.33. The maximum Gasteiger partial charge on any atom is 0.338 e. The van der Waals surface area contributed by atoms with Crippen LogP contribution in [0.5, 0.6) is 0 Å². The van der Waals surface area contributed by atoms with Gasteiger partial charge >= 0.3 is 5.97 Å². The summed E-state index contributed by atoms with van der Waals surface area (Å²) < 4.78 is 5.17. The molecule has 1 atom stereocenters. The molecule has 1 aromatic rings. The summed E-state index contributed by atoms with van der Waals surface area (Å²) >= 11 is 13.6. The average molecular weight is 385 g/mol. The molecule has 2 heterocycles. The van der Waals surface area contributed by atoms with Crippen molar-refractivity contribution in [3.05, 3.63) is 45.1 Å². The predicted octanol–water partition coefficient (Wildman–Crippen LogP) is 3.82. The second-order valence-corrected chi connectivity index (χ2v) is 7.09. The number of amides is 1. The van der Waals surface area contributed by atoms with Crippen molar-refractivity contribution in [2.75, 3.05) is 12.4 Å². The zero-order chi connectivity index (χ0) is 17.4. The van der Waals surface area contributed by atoms with E-state index in [4.69, 9.17) is 27.9 Å². The van der Waals surface area contributed by atoms with Crippen LogP contribution in [-0.2, 0) is 14.3 Å². The van der Waals surface area contributed by atoms with Gasteiger partial charge in [0, 0.05) is 10.0 Å². The zero-order valence-corrected chi connectivity index (χ0v) is 15.3. The molecule has 0 bridgehead atoms. The Morgan fingerprint density at radius 3 is 2.67 bits per heavy atom. The summed E-state index contributed by atoms with van der Waals surface area (Å²) in [6.45, 7) is 3.70. The van der Waals surface area contributed by atoms with E-state index in [1.807, 2.05) is 0 Å². The predicted molar refractivity (Wildman–Crippen MR) is 95.3 cm³/mol. The second-order valence-electron chi connectivity index (χ2n) is 5.27. The van der Waals surface area contributed by atoms with Gasteiger partial charge in [-0.2, -0.15) is 0 Å². The third-order valence-corrected chi connectivity index (χ3v) is 5.05. The second kappa shape index (κ2) is 6.78. The Hall–Kier alpha value is -1.50.